The van der Waals surface area contributed by atoms with Gasteiger partial charge in [0.15, 0.2) is 0 Å². The van der Waals surface area contributed by atoms with Gasteiger partial charge >= 0.3 is 0 Å². The van der Waals surface area contributed by atoms with E-state index in [-0.39, 0.29) is 29.6 Å². The first-order valence-corrected chi connectivity index (χ1v) is 8.88. The molecule has 25 heavy (non-hydrogen) atoms. The quantitative estimate of drug-likeness (QED) is 0.831. The van der Waals surface area contributed by atoms with Gasteiger partial charge in [-0.05, 0) is 54.5 Å². The fraction of sp³-hybridized carbons (Fsp3) is 0.381. The van der Waals surface area contributed by atoms with Crippen LogP contribution in [0.2, 0.25) is 0 Å². The highest BCUT2D eigenvalue weighted by molar-refractivity contribution is 5.84. The van der Waals surface area contributed by atoms with Crippen molar-refractivity contribution in [2.24, 2.45) is 5.92 Å². The third-order valence-corrected chi connectivity index (χ3v) is 5.42. The van der Waals surface area contributed by atoms with Crippen molar-refractivity contribution in [1.29, 1.82) is 0 Å². The summed E-state index contributed by atoms with van der Waals surface area (Å²) in [4.78, 5) is 15.0. The lowest BCUT2D eigenvalue weighted by Gasteiger charge is -2.25. The third-order valence-electron chi connectivity index (χ3n) is 5.42. The highest BCUT2D eigenvalue weighted by Crippen LogP contribution is 2.52. The minimum atomic E-state index is -0.241. The lowest BCUT2D eigenvalue weighted by Crippen LogP contribution is -2.32. The number of likely N-dealkylation sites (tertiary alicyclic amines) is 1. The van der Waals surface area contributed by atoms with Gasteiger partial charge in [0.25, 0.3) is 0 Å². The summed E-state index contributed by atoms with van der Waals surface area (Å²) in [6, 6.07) is 14.6. The van der Waals surface area contributed by atoms with Gasteiger partial charge in [0.1, 0.15) is 11.6 Å². The van der Waals surface area contributed by atoms with Crippen molar-refractivity contribution in [3.8, 4) is 5.75 Å². The molecular weight excluding hydrogens is 317 g/mol. The standard InChI is InChI=1S/C21H22FNO2/c1-25-20-10-3-2-8-16(20)17-13-18(17)21(24)23-11-5-9-19(23)14-6-4-7-15(22)12-14/h2-4,6-8,10,12,17-19H,5,9,11,13H2,1H3/t17-,18-,19+/m0/s1. The van der Waals surface area contributed by atoms with Crippen molar-refractivity contribution in [3.05, 3.63) is 65.5 Å². The van der Waals surface area contributed by atoms with E-state index in [2.05, 4.69) is 0 Å². The average molecular weight is 339 g/mol. The Hall–Kier alpha value is -2.36. The number of carbonyl (C=O) groups excluding carboxylic acids is 1. The summed E-state index contributed by atoms with van der Waals surface area (Å²) in [7, 11) is 1.67. The molecule has 3 atom stereocenters. The highest BCUT2D eigenvalue weighted by Gasteiger charge is 2.48. The zero-order valence-electron chi connectivity index (χ0n) is 14.3. The molecule has 1 aliphatic carbocycles. The molecule has 130 valence electrons. The van der Waals surface area contributed by atoms with E-state index in [0.29, 0.717) is 0 Å². The van der Waals surface area contributed by atoms with Crippen LogP contribution >= 0.6 is 0 Å². The second-order valence-electron chi connectivity index (χ2n) is 6.94. The molecular formula is C21H22FNO2. The van der Waals surface area contributed by atoms with Crippen LogP contribution in [0.4, 0.5) is 4.39 Å². The topological polar surface area (TPSA) is 29.5 Å². The largest absolute Gasteiger partial charge is 0.496 e. The molecule has 0 radical (unpaired) electrons. The zero-order valence-corrected chi connectivity index (χ0v) is 14.3. The number of hydrogen-bond donors (Lipinski definition) is 0. The summed E-state index contributed by atoms with van der Waals surface area (Å²) in [5.74, 6) is 1.06. The van der Waals surface area contributed by atoms with E-state index in [0.717, 1.165) is 42.7 Å². The molecule has 0 aromatic heterocycles. The van der Waals surface area contributed by atoms with Gasteiger partial charge in [-0.2, -0.15) is 0 Å². The molecule has 1 amide bonds. The Morgan fingerprint density at radius 3 is 2.84 bits per heavy atom. The molecule has 0 bridgehead atoms. The van der Waals surface area contributed by atoms with Crippen LogP contribution in [-0.4, -0.2) is 24.5 Å². The van der Waals surface area contributed by atoms with Crippen molar-refractivity contribution < 1.29 is 13.9 Å². The molecule has 2 aromatic rings. The van der Waals surface area contributed by atoms with E-state index in [1.807, 2.05) is 35.2 Å². The van der Waals surface area contributed by atoms with E-state index < -0.39 is 0 Å². The second kappa shape index (κ2) is 6.51. The van der Waals surface area contributed by atoms with Crippen LogP contribution in [0.25, 0.3) is 0 Å². The molecule has 0 spiro atoms. The van der Waals surface area contributed by atoms with Crippen molar-refractivity contribution in [2.75, 3.05) is 13.7 Å². The highest BCUT2D eigenvalue weighted by atomic mass is 19.1. The van der Waals surface area contributed by atoms with Gasteiger partial charge < -0.3 is 9.64 Å². The number of halogens is 1. The number of carbonyl (C=O) groups is 1. The lowest BCUT2D eigenvalue weighted by molar-refractivity contribution is -0.133. The van der Waals surface area contributed by atoms with Gasteiger partial charge in [-0.25, -0.2) is 4.39 Å². The van der Waals surface area contributed by atoms with Gasteiger partial charge in [0.2, 0.25) is 5.91 Å². The van der Waals surface area contributed by atoms with Gasteiger partial charge in [-0.15, -0.1) is 0 Å². The smallest absolute Gasteiger partial charge is 0.226 e. The average Bonchev–Trinajstić information content (AvgIpc) is 3.28. The molecule has 1 saturated heterocycles. The number of hydrogen-bond acceptors (Lipinski definition) is 2. The van der Waals surface area contributed by atoms with E-state index in [1.54, 1.807) is 19.2 Å². The van der Waals surface area contributed by atoms with Crippen molar-refractivity contribution in [3.63, 3.8) is 0 Å². The molecule has 0 N–H and O–H groups in total. The molecule has 4 rings (SSSR count). The van der Waals surface area contributed by atoms with Gasteiger partial charge in [-0.1, -0.05) is 30.3 Å². The van der Waals surface area contributed by atoms with Crippen LogP contribution < -0.4 is 4.74 Å². The number of ether oxygens (including phenoxy) is 1. The molecule has 2 aromatic carbocycles. The summed E-state index contributed by atoms with van der Waals surface area (Å²) in [5.41, 5.74) is 2.02. The normalized spacial score (nSPS) is 25.0. The summed E-state index contributed by atoms with van der Waals surface area (Å²) >= 11 is 0. The predicted molar refractivity (Wildman–Crippen MR) is 93.9 cm³/mol. The van der Waals surface area contributed by atoms with Gasteiger partial charge in [0, 0.05) is 12.5 Å². The van der Waals surface area contributed by atoms with E-state index >= 15 is 0 Å². The predicted octanol–water partition coefficient (Wildman–Crippen LogP) is 4.30. The van der Waals surface area contributed by atoms with E-state index in [1.165, 1.54) is 6.07 Å². The summed E-state index contributed by atoms with van der Waals surface area (Å²) in [6.07, 6.45) is 2.74. The molecule has 2 aliphatic rings. The van der Waals surface area contributed by atoms with Crippen LogP contribution in [0.1, 0.15) is 42.3 Å². The third kappa shape index (κ3) is 3.01. The molecule has 0 unspecified atom stereocenters. The minimum Gasteiger partial charge on any atom is -0.496 e. The first-order valence-electron chi connectivity index (χ1n) is 8.88. The molecule has 1 aliphatic heterocycles. The number of nitrogens with zero attached hydrogens (tertiary/aromatic N) is 1. The first kappa shape index (κ1) is 16.1. The van der Waals surface area contributed by atoms with Gasteiger partial charge in [-0.3, -0.25) is 4.79 Å². The molecule has 3 nitrogen and oxygen atoms in total. The van der Waals surface area contributed by atoms with Crippen molar-refractivity contribution in [1.82, 2.24) is 4.90 Å². The minimum absolute atomic E-state index is 0.00196. The summed E-state index contributed by atoms with van der Waals surface area (Å²) in [6.45, 7) is 0.759. The monoisotopic (exact) mass is 339 g/mol. The van der Waals surface area contributed by atoms with Crippen LogP contribution in [0.5, 0.6) is 5.75 Å². The zero-order chi connectivity index (χ0) is 17.4. The maximum absolute atomic E-state index is 13.6. The maximum atomic E-state index is 13.6. The lowest BCUT2D eigenvalue weighted by atomic mass is 10.0. The van der Waals surface area contributed by atoms with Crippen LogP contribution in [-0.2, 0) is 4.79 Å². The number of amides is 1. The fourth-order valence-corrected chi connectivity index (χ4v) is 4.09. The van der Waals surface area contributed by atoms with Crippen LogP contribution in [0.3, 0.4) is 0 Å². The van der Waals surface area contributed by atoms with Crippen molar-refractivity contribution in [2.45, 2.75) is 31.2 Å². The molecule has 2 fully saturated rings. The maximum Gasteiger partial charge on any atom is 0.226 e. The van der Waals surface area contributed by atoms with E-state index in [4.69, 9.17) is 4.74 Å². The Bertz CT molecular complexity index is 791. The molecule has 1 saturated carbocycles. The van der Waals surface area contributed by atoms with Gasteiger partial charge in [0.05, 0.1) is 13.2 Å². The summed E-state index contributed by atoms with van der Waals surface area (Å²) in [5, 5.41) is 0. The Morgan fingerprint density at radius 2 is 2.04 bits per heavy atom. The van der Waals surface area contributed by atoms with Crippen LogP contribution in [0.15, 0.2) is 48.5 Å². The second-order valence-corrected chi connectivity index (χ2v) is 6.94. The van der Waals surface area contributed by atoms with Crippen LogP contribution in [0, 0.1) is 11.7 Å². The summed E-state index contributed by atoms with van der Waals surface area (Å²) < 4.78 is 19.0. The SMILES string of the molecule is COc1ccccc1[C@@H]1C[C@@H]1C(=O)N1CCC[C@@H]1c1cccc(F)c1. The Morgan fingerprint density at radius 1 is 1.20 bits per heavy atom. The fourth-order valence-electron chi connectivity index (χ4n) is 4.09. The number of methoxy groups -OCH3 is 1. The Labute approximate surface area is 147 Å². The number of benzene rings is 2. The molecule has 4 heteroatoms. The Balaban J connectivity index is 1.52. The van der Waals surface area contributed by atoms with E-state index in [9.17, 15) is 9.18 Å². The Kier molecular flexibility index (Phi) is 4.20. The number of para-hydroxylation sites is 1. The first-order chi connectivity index (χ1) is 12.2. The molecule has 1 heterocycles. The van der Waals surface area contributed by atoms with Crippen molar-refractivity contribution >= 4 is 5.91 Å². The number of rotatable bonds is 4.